The summed E-state index contributed by atoms with van der Waals surface area (Å²) in [6.45, 7) is 0.331. The third-order valence-corrected chi connectivity index (χ3v) is 3.24. The molecule has 0 heterocycles. The first-order chi connectivity index (χ1) is 11.5. The van der Waals surface area contributed by atoms with E-state index in [-0.39, 0.29) is 23.6 Å². The smallest absolute Gasteiger partial charge is 0.339 e. The Balaban J connectivity index is 1.80. The van der Waals surface area contributed by atoms with Crippen molar-refractivity contribution in [1.29, 1.82) is 0 Å². The second-order valence-electron chi connectivity index (χ2n) is 5.08. The summed E-state index contributed by atoms with van der Waals surface area (Å²) in [5, 5.41) is 20.9. The molecule has 2 aromatic rings. The van der Waals surface area contributed by atoms with Gasteiger partial charge in [0, 0.05) is 12.1 Å². The second kappa shape index (κ2) is 7.87. The van der Waals surface area contributed by atoms with Gasteiger partial charge in [0.2, 0.25) is 5.91 Å². The highest BCUT2D eigenvalue weighted by atomic mass is 16.5. The lowest BCUT2D eigenvalue weighted by Gasteiger charge is -2.09. The number of hydrogen-bond acceptors (Lipinski definition) is 5. The lowest BCUT2D eigenvalue weighted by atomic mass is 10.1. The van der Waals surface area contributed by atoms with Crippen molar-refractivity contribution in [3.05, 3.63) is 48.0 Å². The molecule has 0 atom stereocenters. The van der Waals surface area contributed by atoms with Crippen molar-refractivity contribution < 1.29 is 24.5 Å². The largest absolute Gasteiger partial charge is 0.507 e. The van der Waals surface area contributed by atoms with Gasteiger partial charge in [-0.15, -0.1) is 0 Å². The minimum atomic E-state index is -1.27. The molecule has 0 saturated carbocycles. The zero-order valence-electron chi connectivity index (χ0n) is 12.9. The molecule has 0 saturated heterocycles. The number of para-hydroxylation sites is 2. The maximum absolute atomic E-state index is 11.9. The molecule has 5 N–H and O–H groups in total. The summed E-state index contributed by atoms with van der Waals surface area (Å²) in [6.07, 6.45) is 0.681. The summed E-state index contributed by atoms with van der Waals surface area (Å²) in [7, 11) is 0. The van der Waals surface area contributed by atoms with Gasteiger partial charge in [-0.25, -0.2) is 4.79 Å². The first-order valence-corrected chi connectivity index (χ1v) is 7.31. The average molecular weight is 330 g/mol. The third-order valence-electron chi connectivity index (χ3n) is 3.24. The lowest BCUT2D eigenvalue weighted by molar-refractivity contribution is -0.116. The van der Waals surface area contributed by atoms with E-state index in [0.717, 1.165) is 0 Å². The molecule has 2 rings (SSSR count). The number of phenols is 1. The number of nitrogens with one attached hydrogen (secondary N) is 1. The number of hydrogen-bond donors (Lipinski definition) is 4. The number of nitrogens with two attached hydrogens (primary N) is 1. The van der Waals surface area contributed by atoms with E-state index in [4.69, 9.17) is 15.6 Å². The van der Waals surface area contributed by atoms with Crippen molar-refractivity contribution in [3.63, 3.8) is 0 Å². The standard InChI is InChI=1S/C17H18N2O5/c18-13-4-1-2-5-15(13)24-9-3-6-16(21)19-11-7-8-14(20)12(10-11)17(22)23/h1-2,4-5,7-8,10,20H,3,6,9,18H2,(H,19,21)(H,22,23). The summed E-state index contributed by atoms with van der Waals surface area (Å²) in [4.78, 5) is 22.8. The molecule has 0 spiro atoms. The highest BCUT2D eigenvalue weighted by molar-refractivity contribution is 5.95. The molecule has 0 unspecified atom stereocenters. The van der Waals surface area contributed by atoms with Crippen molar-refractivity contribution in [2.24, 2.45) is 0 Å². The number of rotatable bonds is 7. The number of aromatic carboxylic acids is 1. The molecular formula is C17H18N2O5. The molecule has 0 radical (unpaired) electrons. The molecule has 0 aliphatic carbocycles. The van der Waals surface area contributed by atoms with Crippen LogP contribution in [0.2, 0.25) is 0 Å². The molecule has 0 aliphatic heterocycles. The molecule has 7 nitrogen and oxygen atoms in total. The fourth-order valence-corrected chi connectivity index (χ4v) is 2.04. The Kier molecular flexibility index (Phi) is 5.62. The van der Waals surface area contributed by atoms with Gasteiger partial charge in [0.1, 0.15) is 17.1 Å². The van der Waals surface area contributed by atoms with E-state index in [2.05, 4.69) is 5.32 Å². The van der Waals surface area contributed by atoms with Crippen molar-refractivity contribution in [2.45, 2.75) is 12.8 Å². The Morgan fingerprint density at radius 3 is 2.62 bits per heavy atom. The molecule has 126 valence electrons. The fraction of sp³-hybridized carbons (Fsp3) is 0.176. The molecule has 1 amide bonds. The van der Waals surface area contributed by atoms with E-state index in [1.165, 1.54) is 18.2 Å². The van der Waals surface area contributed by atoms with Crippen LogP contribution in [-0.2, 0) is 4.79 Å². The Morgan fingerprint density at radius 2 is 1.92 bits per heavy atom. The van der Waals surface area contributed by atoms with Gasteiger partial charge in [0.05, 0.1) is 12.3 Å². The first-order valence-electron chi connectivity index (χ1n) is 7.31. The maximum Gasteiger partial charge on any atom is 0.339 e. The summed E-state index contributed by atoms with van der Waals surface area (Å²) in [6, 6.07) is 11.0. The van der Waals surface area contributed by atoms with Crippen molar-refractivity contribution >= 4 is 23.3 Å². The quantitative estimate of drug-likeness (QED) is 0.351. The van der Waals surface area contributed by atoms with Crippen LogP contribution in [0.25, 0.3) is 0 Å². The number of anilines is 2. The highest BCUT2D eigenvalue weighted by Crippen LogP contribution is 2.22. The maximum atomic E-state index is 11.9. The van der Waals surface area contributed by atoms with Crippen LogP contribution in [0.4, 0.5) is 11.4 Å². The van der Waals surface area contributed by atoms with E-state index in [9.17, 15) is 14.7 Å². The molecular weight excluding hydrogens is 312 g/mol. The number of carboxylic acids is 1. The van der Waals surface area contributed by atoms with Crippen molar-refractivity contribution in [2.75, 3.05) is 17.7 Å². The monoisotopic (exact) mass is 330 g/mol. The molecule has 0 bridgehead atoms. The minimum absolute atomic E-state index is 0.204. The second-order valence-corrected chi connectivity index (χ2v) is 5.08. The number of amides is 1. The van der Waals surface area contributed by atoms with Crippen LogP contribution in [-0.4, -0.2) is 28.7 Å². The summed E-state index contributed by atoms with van der Waals surface area (Å²) in [5.41, 5.74) is 6.32. The van der Waals surface area contributed by atoms with Gasteiger partial charge in [-0.05, 0) is 36.8 Å². The number of nitrogen functional groups attached to an aromatic ring is 1. The van der Waals surface area contributed by atoms with E-state index >= 15 is 0 Å². The van der Waals surface area contributed by atoms with Crippen LogP contribution in [0, 0.1) is 0 Å². The number of benzene rings is 2. The van der Waals surface area contributed by atoms with Crippen LogP contribution in [0.5, 0.6) is 11.5 Å². The summed E-state index contributed by atoms with van der Waals surface area (Å²) < 4.78 is 5.49. The average Bonchev–Trinajstić information content (AvgIpc) is 2.54. The Morgan fingerprint density at radius 1 is 1.17 bits per heavy atom. The van der Waals surface area contributed by atoms with Crippen LogP contribution in [0.15, 0.2) is 42.5 Å². The normalized spacial score (nSPS) is 10.2. The van der Waals surface area contributed by atoms with Crippen LogP contribution in [0.3, 0.4) is 0 Å². The van der Waals surface area contributed by atoms with Gasteiger partial charge in [0.15, 0.2) is 0 Å². The number of carbonyl (C=O) groups excluding carboxylic acids is 1. The van der Waals surface area contributed by atoms with E-state index in [1.54, 1.807) is 18.2 Å². The number of carboxylic acid groups (broad SMARTS) is 1. The van der Waals surface area contributed by atoms with Gasteiger partial charge in [-0.1, -0.05) is 12.1 Å². The minimum Gasteiger partial charge on any atom is -0.507 e. The van der Waals surface area contributed by atoms with E-state index in [1.807, 2.05) is 6.07 Å². The molecule has 0 aromatic heterocycles. The summed E-state index contributed by atoms with van der Waals surface area (Å²) >= 11 is 0. The molecule has 24 heavy (non-hydrogen) atoms. The molecule has 2 aromatic carbocycles. The third kappa shape index (κ3) is 4.64. The molecule has 0 fully saturated rings. The van der Waals surface area contributed by atoms with Crippen molar-refractivity contribution in [1.82, 2.24) is 0 Å². The van der Waals surface area contributed by atoms with Crippen LogP contribution < -0.4 is 15.8 Å². The summed E-state index contributed by atoms with van der Waals surface area (Å²) in [5.74, 6) is -1.32. The predicted molar refractivity (Wildman–Crippen MR) is 89.3 cm³/mol. The van der Waals surface area contributed by atoms with Gasteiger partial charge in [-0.2, -0.15) is 0 Å². The van der Waals surface area contributed by atoms with Gasteiger partial charge in [0.25, 0.3) is 0 Å². The first kappa shape index (κ1) is 17.1. The van der Waals surface area contributed by atoms with Crippen LogP contribution >= 0.6 is 0 Å². The number of aromatic hydroxyl groups is 1. The van der Waals surface area contributed by atoms with E-state index < -0.39 is 5.97 Å². The van der Waals surface area contributed by atoms with Gasteiger partial charge in [-0.3, -0.25) is 4.79 Å². The molecule has 7 heteroatoms. The van der Waals surface area contributed by atoms with E-state index in [0.29, 0.717) is 30.2 Å². The fourth-order valence-electron chi connectivity index (χ4n) is 2.04. The van der Waals surface area contributed by atoms with Gasteiger partial charge < -0.3 is 26.0 Å². The van der Waals surface area contributed by atoms with Crippen LogP contribution in [0.1, 0.15) is 23.2 Å². The Hall–Kier alpha value is -3.22. The van der Waals surface area contributed by atoms with Gasteiger partial charge >= 0.3 is 5.97 Å². The SMILES string of the molecule is Nc1ccccc1OCCCC(=O)Nc1ccc(O)c(C(=O)O)c1. The predicted octanol–water partition coefficient (Wildman–Crippen LogP) is 2.47. The Bertz CT molecular complexity index is 746. The molecule has 0 aliphatic rings. The highest BCUT2D eigenvalue weighted by Gasteiger charge is 2.11. The lowest BCUT2D eigenvalue weighted by Crippen LogP contribution is -2.13. The van der Waals surface area contributed by atoms with Crippen molar-refractivity contribution in [3.8, 4) is 11.5 Å². The Labute approximate surface area is 138 Å². The number of ether oxygens (including phenoxy) is 1. The zero-order valence-corrected chi connectivity index (χ0v) is 12.9. The number of carbonyl (C=O) groups is 2. The topological polar surface area (TPSA) is 122 Å². The zero-order chi connectivity index (χ0) is 17.5.